The highest BCUT2D eigenvalue weighted by molar-refractivity contribution is 4.99. The highest BCUT2D eigenvalue weighted by Crippen LogP contribution is 2.25. The van der Waals surface area contributed by atoms with Crippen LogP contribution in [0.5, 0.6) is 0 Å². The lowest BCUT2D eigenvalue weighted by Gasteiger charge is -2.22. The molecule has 1 unspecified atom stereocenters. The van der Waals surface area contributed by atoms with Gasteiger partial charge in [0.25, 0.3) is 0 Å². The minimum atomic E-state index is 0.518. The van der Waals surface area contributed by atoms with Crippen molar-refractivity contribution in [1.29, 1.82) is 0 Å². The fraction of sp³-hybridized carbons (Fsp3) is 0.733. The van der Waals surface area contributed by atoms with Gasteiger partial charge in [-0.05, 0) is 37.9 Å². The summed E-state index contributed by atoms with van der Waals surface area (Å²) in [6.07, 6.45) is 11.4. The van der Waals surface area contributed by atoms with Crippen molar-refractivity contribution in [2.24, 2.45) is 5.92 Å². The number of nitrogens with one attached hydrogen (secondary N) is 1. The van der Waals surface area contributed by atoms with Gasteiger partial charge in [0.05, 0.1) is 6.26 Å². The summed E-state index contributed by atoms with van der Waals surface area (Å²) in [5.41, 5.74) is 0. The van der Waals surface area contributed by atoms with E-state index in [2.05, 4.69) is 18.3 Å². The maximum Gasteiger partial charge on any atom is 0.105 e. The first-order valence-corrected chi connectivity index (χ1v) is 7.10. The van der Waals surface area contributed by atoms with Crippen LogP contribution in [0.1, 0.15) is 51.2 Å². The topological polar surface area (TPSA) is 25.2 Å². The molecule has 2 heteroatoms. The first kappa shape index (κ1) is 12.7. The summed E-state index contributed by atoms with van der Waals surface area (Å²) >= 11 is 0. The first-order chi connectivity index (χ1) is 8.34. The summed E-state index contributed by atoms with van der Waals surface area (Å²) in [5, 5.41) is 3.61. The van der Waals surface area contributed by atoms with Crippen molar-refractivity contribution in [3.8, 4) is 0 Å². The zero-order valence-electron chi connectivity index (χ0n) is 11.0. The van der Waals surface area contributed by atoms with Crippen molar-refractivity contribution in [3.63, 3.8) is 0 Å². The Morgan fingerprint density at radius 2 is 2.18 bits per heavy atom. The Hall–Kier alpha value is -0.760. The summed E-state index contributed by atoms with van der Waals surface area (Å²) < 4.78 is 5.36. The second-order valence-corrected chi connectivity index (χ2v) is 5.43. The molecule has 0 amide bonds. The van der Waals surface area contributed by atoms with Gasteiger partial charge in [-0.25, -0.2) is 0 Å². The minimum absolute atomic E-state index is 0.518. The zero-order valence-corrected chi connectivity index (χ0v) is 11.0. The number of hydrogen-bond acceptors (Lipinski definition) is 2. The van der Waals surface area contributed by atoms with Gasteiger partial charge in [0.15, 0.2) is 0 Å². The molecule has 1 aliphatic carbocycles. The average molecular weight is 235 g/mol. The molecule has 1 fully saturated rings. The van der Waals surface area contributed by atoms with Crippen molar-refractivity contribution in [2.75, 3.05) is 6.54 Å². The largest absolute Gasteiger partial charge is 0.469 e. The molecule has 0 saturated heterocycles. The lowest BCUT2D eigenvalue weighted by molar-refractivity contribution is 0.327. The van der Waals surface area contributed by atoms with Gasteiger partial charge in [0, 0.05) is 12.5 Å². The number of hydrogen-bond donors (Lipinski definition) is 1. The number of furan rings is 1. The summed E-state index contributed by atoms with van der Waals surface area (Å²) in [6.45, 7) is 3.40. The second-order valence-electron chi connectivity index (χ2n) is 5.43. The second kappa shape index (κ2) is 6.85. The lowest BCUT2D eigenvalue weighted by atomic mass is 9.87. The van der Waals surface area contributed by atoms with Crippen LogP contribution in [0.15, 0.2) is 22.8 Å². The van der Waals surface area contributed by atoms with Crippen LogP contribution >= 0.6 is 0 Å². The lowest BCUT2D eigenvalue weighted by Crippen LogP contribution is -2.30. The Kier molecular flexibility index (Phi) is 5.11. The highest BCUT2D eigenvalue weighted by Gasteiger charge is 2.13. The van der Waals surface area contributed by atoms with Crippen molar-refractivity contribution >= 4 is 0 Å². The molecule has 1 heterocycles. The maximum atomic E-state index is 5.36. The van der Waals surface area contributed by atoms with E-state index in [1.165, 1.54) is 38.5 Å². The van der Waals surface area contributed by atoms with E-state index < -0.39 is 0 Å². The van der Waals surface area contributed by atoms with Crippen LogP contribution in [0.4, 0.5) is 0 Å². The molecular weight excluding hydrogens is 210 g/mol. The van der Waals surface area contributed by atoms with E-state index in [4.69, 9.17) is 4.42 Å². The quantitative estimate of drug-likeness (QED) is 0.812. The van der Waals surface area contributed by atoms with Gasteiger partial charge in [0.2, 0.25) is 0 Å². The molecule has 0 bridgehead atoms. The van der Waals surface area contributed by atoms with Gasteiger partial charge in [-0.2, -0.15) is 0 Å². The van der Waals surface area contributed by atoms with Gasteiger partial charge in [-0.3, -0.25) is 0 Å². The first-order valence-electron chi connectivity index (χ1n) is 7.10. The van der Waals surface area contributed by atoms with E-state index in [0.717, 1.165) is 24.6 Å². The van der Waals surface area contributed by atoms with Gasteiger partial charge >= 0.3 is 0 Å². The number of rotatable bonds is 6. The predicted octanol–water partition coefficient (Wildman–Crippen LogP) is 3.77. The molecule has 96 valence electrons. The monoisotopic (exact) mass is 235 g/mol. The molecule has 0 aliphatic heterocycles. The maximum absolute atomic E-state index is 5.36. The molecule has 1 N–H and O–H groups in total. The average Bonchev–Trinajstić information content (AvgIpc) is 2.83. The molecule has 17 heavy (non-hydrogen) atoms. The van der Waals surface area contributed by atoms with E-state index in [9.17, 15) is 0 Å². The molecule has 1 aromatic rings. The van der Waals surface area contributed by atoms with Crippen LogP contribution in [0.3, 0.4) is 0 Å². The van der Waals surface area contributed by atoms with Crippen molar-refractivity contribution in [1.82, 2.24) is 5.32 Å². The summed E-state index contributed by atoms with van der Waals surface area (Å²) in [5.74, 6) is 2.06. The van der Waals surface area contributed by atoms with Crippen LogP contribution in [0.25, 0.3) is 0 Å². The Balaban J connectivity index is 1.58. The minimum Gasteiger partial charge on any atom is -0.469 e. The zero-order chi connectivity index (χ0) is 11.9. The molecule has 1 saturated carbocycles. The van der Waals surface area contributed by atoms with Crippen LogP contribution in [0.2, 0.25) is 0 Å². The highest BCUT2D eigenvalue weighted by atomic mass is 16.3. The van der Waals surface area contributed by atoms with Crippen molar-refractivity contribution in [3.05, 3.63) is 24.2 Å². The third-order valence-corrected chi connectivity index (χ3v) is 3.86. The van der Waals surface area contributed by atoms with E-state index in [1.807, 2.05) is 6.07 Å². The summed E-state index contributed by atoms with van der Waals surface area (Å²) in [6, 6.07) is 4.54. The third-order valence-electron chi connectivity index (χ3n) is 3.86. The van der Waals surface area contributed by atoms with Gasteiger partial charge < -0.3 is 9.73 Å². The molecule has 2 rings (SSSR count). The van der Waals surface area contributed by atoms with E-state index >= 15 is 0 Å². The van der Waals surface area contributed by atoms with Crippen molar-refractivity contribution < 1.29 is 4.42 Å². The van der Waals surface area contributed by atoms with Crippen LogP contribution in [-0.4, -0.2) is 12.6 Å². The van der Waals surface area contributed by atoms with Crippen molar-refractivity contribution in [2.45, 2.75) is 57.9 Å². The Morgan fingerprint density at radius 1 is 1.35 bits per heavy atom. The fourth-order valence-electron chi connectivity index (χ4n) is 2.81. The molecule has 0 spiro atoms. The van der Waals surface area contributed by atoms with Gasteiger partial charge in [0.1, 0.15) is 5.76 Å². The molecule has 1 aromatic heterocycles. The third kappa shape index (κ3) is 4.55. The summed E-state index contributed by atoms with van der Waals surface area (Å²) in [4.78, 5) is 0. The molecule has 1 atom stereocenters. The summed E-state index contributed by atoms with van der Waals surface area (Å²) in [7, 11) is 0. The predicted molar refractivity (Wildman–Crippen MR) is 71.1 cm³/mol. The SMILES string of the molecule is CC(Cc1ccco1)NCCC1CCCCC1. The van der Waals surface area contributed by atoms with E-state index in [1.54, 1.807) is 6.26 Å². The molecule has 0 aromatic carbocycles. The van der Waals surface area contributed by atoms with Crippen LogP contribution in [-0.2, 0) is 6.42 Å². The molecular formula is C15H25NO. The smallest absolute Gasteiger partial charge is 0.105 e. The Labute approximate surface area is 105 Å². The van der Waals surface area contributed by atoms with E-state index in [-0.39, 0.29) is 0 Å². The van der Waals surface area contributed by atoms with Crippen LogP contribution < -0.4 is 5.32 Å². The molecule has 1 aliphatic rings. The van der Waals surface area contributed by atoms with Crippen LogP contribution in [0, 0.1) is 5.92 Å². The van der Waals surface area contributed by atoms with E-state index in [0.29, 0.717) is 6.04 Å². The van der Waals surface area contributed by atoms with Gasteiger partial charge in [-0.1, -0.05) is 32.1 Å². The van der Waals surface area contributed by atoms with Gasteiger partial charge in [-0.15, -0.1) is 0 Å². The molecule has 0 radical (unpaired) electrons. The normalized spacial score (nSPS) is 19.4. The molecule has 2 nitrogen and oxygen atoms in total. The standard InChI is InChI=1S/C15H25NO/c1-13(12-15-8-5-11-17-15)16-10-9-14-6-3-2-4-7-14/h5,8,11,13-14,16H,2-4,6-7,9-10,12H2,1H3. The Morgan fingerprint density at radius 3 is 2.88 bits per heavy atom. The fourth-order valence-corrected chi connectivity index (χ4v) is 2.81. The Bertz CT molecular complexity index is 288.